The normalized spacial score (nSPS) is 13.0. The van der Waals surface area contributed by atoms with E-state index in [9.17, 15) is 8.42 Å². The Hall–Kier alpha value is -3.83. The molecule has 0 saturated heterocycles. The van der Waals surface area contributed by atoms with Crippen LogP contribution in [0.3, 0.4) is 0 Å². The second-order valence-electron chi connectivity index (χ2n) is 12.0. The lowest BCUT2D eigenvalue weighted by Gasteiger charge is -2.35. The molecule has 0 aliphatic rings. The fraction of sp³-hybridized carbons (Fsp3) is 0.368. The standard InChI is InChI=1S/C38H50N2O6SSi/c1-7-48(8-2,9-3)46-38(32-21-22-35(34(25-32)40-47(6,41)42)45-28-30-18-14-11-15-19-30)27-39-33(24-29-16-12-10-13-17-29)31-20-23-36(43-4)37(26-31)44-5/h10-23,25-26,33,38-40H,7-9,24,27-28H2,1-6H3/t33?,38-/m0/s1. The Balaban J connectivity index is 1.71. The lowest BCUT2D eigenvalue weighted by Crippen LogP contribution is -2.40. The minimum absolute atomic E-state index is 0.0682. The van der Waals surface area contributed by atoms with E-state index in [0.717, 1.165) is 47.5 Å². The summed E-state index contributed by atoms with van der Waals surface area (Å²) in [6, 6.07) is 34.7. The number of nitrogens with one attached hydrogen (secondary N) is 2. The highest BCUT2D eigenvalue weighted by Gasteiger charge is 2.33. The highest BCUT2D eigenvalue weighted by Crippen LogP contribution is 2.36. The molecule has 0 fully saturated rings. The summed E-state index contributed by atoms with van der Waals surface area (Å²) in [7, 11) is -2.40. The first kappa shape index (κ1) is 37.0. The molecule has 0 aliphatic carbocycles. The third kappa shape index (κ3) is 10.3. The van der Waals surface area contributed by atoms with Crippen molar-refractivity contribution in [3.8, 4) is 17.2 Å². The van der Waals surface area contributed by atoms with E-state index >= 15 is 0 Å². The van der Waals surface area contributed by atoms with Gasteiger partial charge in [-0.15, -0.1) is 0 Å². The van der Waals surface area contributed by atoms with Gasteiger partial charge in [0, 0.05) is 12.6 Å². The Morgan fingerprint density at radius 2 is 1.29 bits per heavy atom. The SMILES string of the molecule is CC[Si](CC)(CC)O[C@@H](CNC(Cc1ccccc1)c1ccc(OC)c(OC)c1)c1ccc(OCc2ccccc2)c(NS(C)(=O)=O)c1. The van der Waals surface area contributed by atoms with Crippen molar-refractivity contribution in [1.82, 2.24) is 5.32 Å². The van der Waals surface area contributed by atoms with Gasteiger partial charge in [0.25, 0.3) is 0 Å². The molecule has 4 aromatic carbocycles. The van der Waals surface area contributed by atoms with Gasteiger partial charge in [-0.25, -0.2) is 8.42 Å². The molecule has 0 aromatic heterocycles. The van der Waals surface area contributed by atoms with Crippen molar-refractivity contribution in [1.29, 1.82) is 0 Å². The fourth-order valence-electron chi connectivity index (χ4n) is 5.89. The Morgan fingerprint density at radius 3 is 1.88 bits per heavy atom. The molecule has 2 atom stereocenters. The zero-order valence-electron chi connectivity index (χ0n) is 29.0. The summed E-state index contributed by atoms with van der Waals surface area (Å²) in [4.78, 5) is 0. The number of hydrogen-bond donors (Lipinski definition) is 2. The van der Waals surface area contributed by atoms with Crippen LogP contribution < -0.4 is 24.2 Å². The van der Waals surface area contributed by atoms with Crippen molar-refractivity contribution in [2.24, 2.45) is 0 Å². The van der Waals surface area contributed by atoms with Crippen LogP contribution in [-0.4, -0.2) is 43.8 Å². The van der Waals surface area contributed by atoms with Crippen molar-refractivity contribution in [3.05, 3.63) is 119 Å². The van der Waals surface area contributed by atoms with Crippen LogP contribution in [0.2, 0.25) is 18.1 Å². The summed E-state index contributed by atoms with van der Waals surface area (Å²) in [5.74, 6) is 1.79. The number of methoxy groups -OCH3 is 2. The van der Waals surface area contributed by atoms with E-state index in [1.54, 1.807) is 14.2 Å². The molecule has 4 rings (SSSR count). The Bertz CT molecular complexity index is 1680. The van der Waals surface area contributed by atoms with Gasteiger partial charge < -0.3 is 24.0 Å². The van der Waals surface area contributed by atoms with Crippen molar-refractivity contribution < 1.29 is 27.1 Å². The molecule has 8 nitrogen and oxygen atoms in total. The second kappa shape index (κ2) is 17.5. The highest BCUT2D eigenvalue weighted by atomic mass is 32.2. The number of sulfonamides is 1. The molecule has 0 radical (unpaired) electrons. The first-order valence-corrected chi connectivity index (χ1v) is 21.0. The van der Waals surface area contributed by atoms with Gasteiger partial charge in [0.05, 0.1) is 32.3 Å². The minimum Gasteiger partial charge on any atom is -0.493 e. The van der Waals surface area contributed by atoms with Gasteiger partial charge >= 0.3 is 0 Å². The molecule has 2 N–H and O–H groups in total. The van der Waals surface area contributed by atoms with Gasteiger partial charge in [-0.1, -0.05) is 93.6 Å². The smallest absolute Gasteiger partial charge is 0.229 e. The van der Waals surface area contributed by atoms with E-state index in [2.05, 4.69) is 49.0 Å². The molecule has 0 heterocycles. The molecule has 0 aliphatic heterocycles. The number of hydrogen-bond acceptors (Lipinski definition) is 7. The summed E-state index contributed by atoms with van der Waals surface area (Å²) in [5, 5.41) is 3.83. The molecular formula is C38H50N2O6SSi. The van der Waals surface area contributed by atoms with Gasteiger partial charge in [-0.05, 0) is 71.1 Å². The predicted molar refractivity (Wildman–Crippen MR) is 197 cm³/mol. The van der Waals surface area contributed by atoms with Crippen LogP contribution in [0.1, 0.15) is 55.2 Å². The third-order valence-electron chi connectivity index (χ3n) is 8.88. The summed E-state index contributed by atoms with van der Waals surface area (Å²) in [6.45, 7) is 7.45. The molecule has 4 aromatic rings. The minimum atomic E-state index is -3.58. The van der Waals surface area contributed by atoms with Crippen LogP contribution in [0, 0.1) is 0 Å². The predicted octanol–water partition coefficient (Wildman–Crippen LogP) is 8.29. The molecule has 0 saturated carbocycles. The van der Waals surface area contributed by atoms with Crippen LogP contribution in [0.5, 0.6) is 17.2 Å². The first-order chi connectivity index (χ1) is 23.1. The molecule has 0 spiro atoms. The van der Waals surface area contributed by atoms with E-state index in [1.807, 2.05) is 78.9 Å². The Kier molecular flexibility index (Phi) is 13.5. The quantitative estimate of drug-likeness (QED) is 0.0957. The largest absolute Gasteiger partial charge is 0.493 e. The van der Waals surface area contributed by atoms with Crippen LogP contribution in [0.4, 0.5) is 5.69 Å². The maximum Gasteiger partial charge on any atom is 0.229 e. The number of benzene rings is 4. The Labute approximate surface area is 288 Å². The maximum atomic E-state index is 12.5. The van der Waals surface area contributed by atoms with Crippen molar-refractivity contribution in [3.63, 3.8) is 0 Å². The zero-order valence-corrected chi connectivity index (χ0v) is 30.8. The highest BCUT2D eigenvalue weighted by molar-refractivity contribution is 7.92. The maximum absolute atomic E-state index is 12.5. The van der Waals surface area contributed by atoms with Crippen LogP contribution in [-0.2, 0) is 27.5 Å². The van der Waals surface area contributed by atoms with E-state index in [1.165, 1.54) is 5.56 Å². The lowest BCUT2D eigenvalue weighted by molar-refractivity contribution is 0.181. The van der Waals surface area contributed by atoms with Gasteiger partial charge in [0.2, 0.25) is 10.0 Å². The molecule has 1 unspecified atom stereocenters. The Morgan fingerprint density at radius 1 is 0.708 bits per heavy atom. The van der Waals surface area contributed by atoms with E-state index in [-0.39, 0.29) is 12.1 Å². The summed E-state index contributed by atoms with van der Waals surface area (Å²) < 4.78 is 52.1. The van der Waals surface area contributed by atoms with Gasteiger partial charge in [-0.3, -0.25) is 4.72 Å². The average Bonchev–Trinajstić information content (AvgIpc) is 3.11. The van der Waals surface area contributed by atoms with E-state index in [4.69, 9.17) is 18.6 Å². The molecular weight excluding hydrogens is 641 g/mol. The topological polar surface area (TPSA) is 95.1 Å². The van der Waals surface area contributed by atoms with Crippen molar-refractivity contribution >= 4 is 24.0 Å². The van der Waals surface area contributed by atoms with Gasteiger partial charge in [0.15, 0.2) is 19.8 Å². The van der Waals surface area contributed by atoms with Crippen LogP contribution in [0.25, 0.3) is 0 Å². The molecule has 0 amide bonds. The summed E-state index contributed by atoms with van der Waals surface area (Å²) in [6.07, 6.45) is 1.56. The number of ether oxygens (including phenoxy) is 3. The molecule has 0 bridgehead atoms. The molecule has 48 heavy (non-hydrogen) atoms. The van der Waals surface area contributed by atoms with E-state index in [0.29, 0.717) is 36.1 Å². The average molecular weight is 691 g/mol. The molecule has 258 valence electrons. The molecule has 10 heteroatoms. The summed E-state index contributed by atoms with van der Waals surface area (Å²) >= 11 is 0. The van der Waals surface area contributed by atoms with Gasteiger partial charge in [0.1, 0.15) is 12.4 Å². The van der Waals surface area contributed by atoms with Crippen LogP contribution >= 0.6 is 0 Å². The number of rotatable bonds is 19. The zero-order chi connectivity index (χ0) is 34.6. The van der Waals surface area contributed by atoms with Gasteiger partial charge in [-0.2, -0.15) is 0 Å². The first-order valence-electron chi connectivity index (χ1n) is 16.6. The van der Waals surface area contributed by atoms with Crippen molar-refractivity contribution in [2.75, 3.05) is 31.7 Å². The van der Waals surface area contributed by atoms with Crippen LogP contribution in [0.15, 0.2) is 97.1 Å². The van der Waals surface area contributed by atoms with E-state index < -0.39 is 18.3 Å². The monoisotopic (exact) mass is 690 g/mol. The number of anilines is 1. The second-order valence-corrected chi connectivity index (χ2v) is 18.5. The fourth-order valence-corrected chi connectivity index (χ4v) is 9.28. The lowest BCUT2D eigenvalue weighted by atomic mass is 9.97. The van der Waals surface area contributed by atoms with Crippen molar-refractivity contribution in [2.45, 2.75) is 64.1 Å². The third-order valence-corrected chi connectivity index (χ3v) is 14.1. The summed E-state index contributed by atoms with van der Waals surface area (Å²) in [5.41, 5.74) is 4.50.